The molecule has 2 aromatic heterocycles. The predicted molar refractivity (Wildman–Crippen MR) is 192 cm³/mol. The molecule has 0 bridgehead atoms. The van der Waals surface area contributed by atoms with E-state index in [1.807, 2.05) is 88.5 Å². The number of carbonyl (C=O) groups excluding carboxylic acids is 2. The van der Waals surface area contributed by atoms with Crippen LogP contribution in [-0.2, 0) is 14.3 Å². The number of nitrogens with zero attached hydrogens (tertiary/aromatic N) is 4. The fourth-order valence-corrected chi connectivity index (χ4v) is 6.86. The van der Waals surface area contributed by atoms with E-state index in [0.717, 1.165) is 28.1 Å². The van der Waals surface area contributed by atoms with Crippen LogP contribution in [0, 0.1) is 12.8 Å². The molecule has 0 aliphatic carbocycles. The molecule has 1 atom stereocenters. The molecule has 1 unspecified atom stereocenters. The van der Waals surface area contributed by atoms with Crippen molar-refractivity contribution in [1.29, 1.82) is 0 Å². The summed E-state index contributed by atoms with van der Waals surface area (Å²) in [6.45, 7) is 10.4. The number of hydrogen-bond acceptors (Lipinski definition) is 9. The molecule has 5 aromatic rings. The molecule has 10 nitrogen and oxygen atoms in total. The molecule has 0 N–H and O–H groups in total. The van der Waals surface area contributed by atoms with Crippen LogP contribution in [0.5, 0.6) is 5.75 Å². The number of allylic oxidation sites excluding steroid dienone is 1. The summed E-state index contributed by atoms with van der Waals surface area (Å²) < 4.78 is 20.1. The van der Waals surface area contributed by atoms with E-state index in [1.54, 1.807) is 35.9 Å². The number of esters is 2. The Bertz CT molecular complexity index is 2280. The Morgan fingerprint density at radius 1 is 1.00 bits per heavy atom. The van der Waals surface area contributed by atoms with Gasteiger partial charge in [-0.3, -0.25) is 9.36 Å². The Kier molecular flexibility index (Phi) is 9.96. The lowest BCUT2D eigenvalue weighted by atomic mass is 9.95. The highest BCUT2D eigenvalue weighted by atomic mass is 32.1. The molecule has 3 aromatic carbocycles. The monoisotopic (exact) mass is 690 g/mol. The van der Waals surface area contributed by atoms with Gasteiger partial charge in [0.2, 0.25) is 0 Å². The van der Waals surface area contributed by atoms with Gasteiger partial charge in [-0.15, -0.1) is 0 Å². The third kappa shape index (κ3) is 6.81. The Morgan fingerprint density at radius 2 is 1.74 bits per heavy atom. The standard InChI is InChI=1S/C39H38N4O6S/c1-7-48-31-18-17-28(19-24(31)4)34-29(21-42(41-34)30-11-9-8-10-12-30)20-32-36(44)43-35(26-13-15-27(16-14-26)37(45)47-6)33(25(5)40-39(43)50-32)38(46)49-22-23(2)3/h8-21,23,35H,7,22H2,1-6H3. The molecule has 3 heterocycles. The van der Waals surface area contributed by atoms with E-state index in [-0.39, 0.29) is 23.7 Å². The number of aryl methyl sites for hydroxylation is 1. The Hall–Kier alpha value is -5.55. The molecule has 0 fully saturated rings. The van der Waals surface area contributed by atoms with Crippen molar-refractivity contribution in [2.45, 2.75) is 40.7 Å². The van der Waals surface area contributed by atoms with E-state index < -0.39 is 18.0 Å². The van der Waals surface area contributed by atoms with Crippen molar-refractivity contribution in [3.8, 4) is 22.7 Å². The summed E-state index contributed by atoms with van der Waals surface area (Å²) in [4.78, 5) is 45.4. The minimum Gasteiger partial charge on any atom is -0.494 e. The van der Waals surface area contributed by atoms with Crippen molar-refractivity contribution < 1.29 is 23.8 Å². The molecule has 11 heteroatoms. The average Bonchev–Trinajstić information content (AvgIpc) is 3.68. The maximum absolute atomic E-state index is 14.4. The molecule has 1 aliphatic rings. The van der Waals surface area contributed by atoms with E-state index in [2.05, 4.69) is 0 Å². The van der Waals surface area contributed by atoms with Crippen LogP contribution in [0.4, 0.5) is 0 Å². The SMILES string of the molecule is CCOc1ccc(-c2nn(-c3ccccc3)cc2C=c2sc3n(c2=O)C(c2ccc(C(=O)OC)cc2)C(C(=O)OCC(C)C)=C(C)N=3)cc1C. The topological polar surface area (TPSA) is 114 Å². The van der Waals surface area contributed by atoms with Crippen molar-refractivity contribution in [3.63, 3.8) is 0 Å². The smallest absolute Gasteiger partial charge is 0.338 e. The van der Waals surface area contributed by atoms with E-state index in [9.17, 15) is 14.4 Å². The van der Waals surface area contributed by atoms with E-state index in [0.29, 0.717) is 38.5 Å². The molecule has 1 aliphatic heterocycles. The first-order valence-electron chi connectivity index (χ1n) is 16.4. The Labute approximate surface area is 293 Å². The van der Waals surface area contributed by atoms with E-state index in [4.69, 9.17) is 24.3 Å². The van der Waals surface area contributed by atoms with Crippen LogP contribution in [0.15, 0.2) is 100 Å². The lowest BCUT2D eigenvalue weighted by Gasteiger charge is -2.25. The van der Waals surface area contributed by atoms with Gasteiger partial charge in [0.05, 0.1) is 53.4 Å². The third-order valence-corrected chi connectivity index (χ3v) is 9.22. The number of carbonyl (C=O) groups is 2. The fraction of sp³-hybridized carbons (Fsp3) is 0.256. The van der Waals surface area contributed by atoms with Crippen molar-refractivity contribution in [2.24, 2.45) is 10.9 Å². The lowest BCUT2D eigenvalue weighted by Crippen LogP contribution is -2.40. The van der Waals surface area contributed by atoms with E-state index in [1.165, 1.54) is 23.0 Å². The molecule has 50 heavy (non-hydrogen) atoms. The zero-order valence-electron chi connectivity index (χ0n) is 28.8. The molecule has 256 valence electrons. The van der Waals surface area contributed by atoms with Crippen molar-refractivity contribution in [3.05, 3.63) is 132 Å². The number of rotatable bonds is 10. The van der Waals surface area contributed by atoms with Crippen LogP contribution in [0.2, 0.25) is 0 Å². The number of hydrogen-bond donors (Lipinski definition) is 0. The van der Waals surface area contributed by atoms with Gasteiger partial charge in [0.1, 0.15) is 11.4 Å². The molecule has 0 saturated heterocycles. The summed E-state index contributed by atoms with van der Waals surface area (Å²) in [6.07, 6.45) is 3.72. The second-order valence-electron chi connectivity index (χ2n) is 12.3. The number of benzene rings is 3. The predicted octanol–water partition coefficient (Wildman–Crippen LogP) is 5.78. The number of ether oxygens (including phenoxy) is 3. The van der Waals surface area contributed by atoms with Gasteiger partial charge in [0, 0.05) is 17.3 Å². The minimum absolute atomic E-state index is 0.115. The highest BCUT2D eigenvalue weighted by molar-refractivity contribution is 7.07. The summed E-state index contributed by atoms with van der Waals surface area (Å²) in [6, 6.07) is 21.5. The number of methoxy groups -OCH3 is 1. The van der Waals surface area contributed by atoms with E-state index >= 15 is 0 Å². The number of para-hydroxylation sites is 1. The zero-order valence-corrected chi connectivity index (χ0v) is 29.6. The highest BCUT2D eigenvalue weighted by Gasteiger charge is 2.34. The van der Waals surface area contributed by atoms with Gasteiger partial charge in [-0.2, -0.15) is 5.10 Å². The maximum Gasteiger partial charge on any atom is 0.338 e. The average molecular weight is 691 g/mol. The van der Waals surface area contributed by atoms with Gasteiger partial charge < -0.3 is 14.2 Å². The summed E-state index contributed by atoms with van der Waals surface area (Å²) in [5.41, 5.74) is 5.49. The van der Waals surface area contributed by atoms with Crippen LogP contribution < -0.4 is 19.6 Å². The fourth-order valence-electron chi connectivity index (χ4n) is 5.82. The van der Waals surface area contributed by atoms with Crippen LogP contribution >= 0.6 is 11.3 Å². The van der Waals surface area contributed by atoms with Crippen molar-refractivity contribution >= 4 is 29.4 Å². The summed E-state index contributed by atoms with van der Waals surface area (Å²) in [5, 5.41) is 4.96. The van der Waals surface area contributed by atoms with Gasteiger partial charge in [0.15, 0.2) is 4.80 Å². The maximum atomic E-state index is 14.4. The molecule has 0 saturated carbocycles. The Morgan fingerprint density at radius 3 is 2.40 bits per heavy atom. The van der Waals surface area contributed by atoms with Gasteiger partial charge in [-0.1, -0.05) is 55.5 Å². The quantitative estimate of drug-likeness (QED) is 0.171. The molecule has 0 radical (unpaired) electrons. The Balaban J connectivity index is 1.53. The summed E-state index contributed by atoms with van der Waals surface area (Å²) >= 11 is 1.23. The first-order chi connectivity index (χ1) is 24.1. The highest BCUT2D eigenvalue weighted by Crippen LogP contribution is 2.32. The van der Waals surface area contributed by atoms with Crippen LogP contribution in [0.3, 0.4) is 0 Å². The van der Waals surface area contributed by atoms with Gasteiger partial charge in [-0.05, 0) is 86.4 Å². The molecule has 6 rings (SSSR count). The number of aromatic nitrogens is 3. The van der Waals surface area contributed by atoms with Crippen LogP contribution in [-0.4, -0.2) is 46.6 Å². The largest absolute Gasteiger partial charge is 0.494 e. The first kappa shape index (κ1) is 34.3. The van der Waals surface area contributed by atoms with Crippen LogP contribution in [0.1, 0.15) is 60.8 Å². The lowest BCUT2D eigenvalue weighted by molar-refractivity contribution is -0.140. The second-order valence-corrected chi connectivity index (χ2v) is 13.3. The minimum atomic E-state index is -0.833. The van der Waals surface area contributed by atoms with Crippen molar-refractivity contribution in [1.82, 2.24) is 14.3 Å². The van der Waals surface area contributed by atoms with Crippen molar-refractivity contribution in [2.75, 3.05) is 20.3 Å². The first-order valence-corrected chi connectivity index (χ1v) is 17.2. The van der Waals surface area contributed by atoms with Gasteiger partial charge in [0.25, 0.3) is 5.56 Å². The molecule has 0 spiro atoms. The third-order valence-electron chi connectivity index (χ3n) is 8.23. The zero-order chi connectivity index (χ0) is 35.5. The molecular formula is C39H38N4O6S. The summed E-state index contributed by atoms with van der Waals surface area (Å²) in [7, 11) is 1.31. The second kappa shape index (κ2) is 14.5. The van der Waals surface area contributed by atoms with Gasteiger partial charge in [-0.25, -0.2) is 19.3 Å². The van der Waals surface area contributed by atoms with Crippen LogP contribution in [0.25, 0.3) is 23.0 Å². The molecular weight excluding hydrogens is 653 g/mol. The summed E-state index contributed by atoms with van der Waals surface area (Å²) in [5.74, 6) is -0.123. The van der Waals surface area contributed by atoms with Gasteiger partial charge >= 0.3 is 11.9 Å². The normalized spacial score (nSPS) is 14.4. The molecule has 0 amide bonds. The number of fused-ring (bicyclic) bond motifs is 1. The number of thiazole rings is 1.